The monoisotopic (exact) mass is 293 g/mol. The molecule has 3 rings (SSSR count). The van der Waals surface area contributed by atoms with Crippen LogP contribution in [0, 0.1) is 0 Å². The lowest BCUT2D eigenvalue weighted by Crippen LogP contribution is -1.98. The molecule has 1 aliphatic rings. The molecule has 5 nitrogen and oxygen atoms in total. The summed E-state index contributed by atoms with van der Waals surface area (Å²) in [5.74, 6) is 1.52. The molecule has 0 radical (unpaired) electrons. The lowest BCUT2D eigenvalue weighted by molar-refractivity contribution is 0.297. The second kappa shape index (κ2) is 5.71. The van der Waals surface area contributed by atoms with Gasteiger partial charge >= 0.3 is 0 Å². The number of benzene rings is 1. The molecule has 2 aromatic rings. The molecule has 0 saturated heterocycles. The highest BCUT2D eigenvalue weighted by molar-refractivity contribution is 6.20. The molecule has 2 heterocycles. The Hall–Kier alpha value is -1.75. The van der Waals surface area contributed by atoms with Crippen molar-refractivity contribution in [1.82, 2.24) is 15.0 Å². The zero-order valence-electron chi connectivity index (χ0n) is 11.3. The molecule has 0 N–H and O–H groups in total. The summed E-state index contributed by atoms with van der Waals surface area (Å²) in [4.78, 5) is 0. The summed E-state index contributed by atoms with van der Waals surface area (Å²) in [7, 11) is 0. The Bertz CT molecular complexity index is 600. The van der Waals surface area contributed by atoms with Crippen LogP contribution in [-0.4, -0.2) is 28.2 Å². The van der Waals surface area contributed by atoms with Gasteiger partial charge in [0.25, 0.3) is 0 Å². The molecule has 1 atom stereocenters. The lowest BCUT2D eigenvalue weighted by atomic mass is 10.2. The molecule has 6 heteroatoms. The van der Waals surface area contributed by atoms with Crippen LogP contribution in [0.25, 0.3) is 5.69 Å². The number of ether oxygens (including phenoxy) is 2. The fourth-order valence-corrected chi connectivity index (χ4v) is 2.15. The molecule has 20 heavy (non-hydrogen) atoms. The first-order chi connectivity index (χ1) is 9.78. The molecule has 0 fully saturated rings. The number of aromatic nitrogens is 3. The van der Waals surface area contributed by atoms with Crippen molar-refractivity contribution >= 4 is 11.6 Å². The quantitative estimate of drug-likeness (QED) is 0.816. The van der Waals surface area contributed by atoms with E-state index in [9.17, 15) is 0 Å². The zero-order chi connectivity index (χ0) is 13.9. The SMILES string of the molecule is CCC(Cl)c1cn(-c2ccc3c(c2)OCCCO3)nn1. The number of halogens is 1. The van der Waals surface area contributed by atoms with Crippen molar-refractivity contribution in [2.75, 3.05) is 13.2 Å². The van der Waals surface area contributed by atoms with Gasteiger partial charge in [-0.25, -0.2) is 4.68 Å². The van der Waals surface area contributed by atoms with Crippen LogP contribution in [0.4, 0.5) is 0 Å². The number of alkyl halides is 1. The second-order valence-corrected chi connectivity index (χ2v) is 5.17. The van der Waals surface area contributed by atoms with Crippen LogP contribution in [0.15, 0.2) is 24.4 Å². The van der Waals surface area contributed by atoms with Gasteiger partial charge in [0.2, 0.25) is 0 Å². The molecule has 1 aromatic carbocycles. The summed E-state index contributed by atoms with van der Waals surface area (Å²) >= 11 is 6.17. The van der Waals surface area contributed by atoms with Crippen molar-refractivity contribution in [3.05, 3.63) is 30.1 Å². The molecule has 0 spiro atoms. The summed E-state index contributed by atoms with van der Waals surface area (Å²) in [5, 5.41) is 8.11. The van der Waals surface area contributed by atoms with E-state index in [1.165, 1.54) is 0 Å². The van der Waals surface area contributed by atoms with Gasteiger partial charge in [-0.15, -0.1) is 16.7 Å². The number of hydrogen-bond donors (Lipinski definition) is 0. The number of rotatable bonds is 3. The first-order valence-electron chi connectivity index (χ1n) is 6.74. The molecule has 1 unspecified atom stereocenters. The number of fused-ring (bicyclic) bond motifs is 1. The molecular formula is C14H16ClN3O2. The van der Waals surface area contributed by atoms with Crippen molar-refractivity contribution in [3.63, 3.8) is 0 Å². The normalized spacial score (nSPS) is 15.7. The Balaban J connectivity index is 1.90. The Kier molecular flexibility index (Phi) is 3.78. The van der Waals surface area contributed by atoms with E-state index < -0.39 is 0 Å². The van der Waals surface area contributed by atoms with Crippen LogP contribution in [0.2, 0.25) is 0 Å². The smallest absolute Gasteiger partial charge is 0.163 e. The third-order valence-corrected chi connectivity index (χ3v) is 3.72. The average molecular weight is 294 g/mol. The Morgan fingerprint density at radius 3 is 2.90 bits per heavy atom. The van der Waals surface area contributed by atoms with Crippen LogP contribution in [0.1, 0.15) is 30.8 Å². The van der Waals surface area contributed by atoms with Crippen LogP contribution in [0.3, 0.4) is 0 Å². The molecule has 0 bridgehead atoms. The van der Waals surface area contributed by atoms with E-state index in [-0.39, 0.29) is 5.38 Å². The standard InChI is InChI=1S/C14H16ClN3O2/c1-2-11(15)12-9-18(17-16-12)10-4-5-13-14(8-10)20-7-3-6-19-13/h4-5,8-9,11H,2-3,6-7H2,1H3. The van der Waals surface area contributed by atoms with Crippen molar-refractivity contribution in [1.29, 1.82) is 0 Å². The molecule has 1 aliphatic heterocycles. The van der Waals surface area contributed by atoms with Gasteiger partial charge in [-0.05, 0) is 18.6 Å². The molecular weight excluding hydrogens is 278 g/mol. The Labute approximate surface area is 122 Å². The molecule has 1 aromatic heterocycles. The molecule has 0 amide bonds. The van der Waals surface area contributed by atoms with Crippen molar-refractivity contribution < 1.29 is 9.47 Å². The largest absolute Gasteiger partial charge is 0.490 e. The van der Waals surface area contributed by atoms with E-state index >= 15 is 0 Å². The van der Waals surface area contributed by atoms with Gasteiger partial charge in [0, 0.05) is 12.5 Å². The zero-order valence-corrected chi connectivity index (χ0v) is 12.0. The fraction of sp³-hybridized carbons (Fsp3) is 0.429. The average Bonchev–Trinajstić information content (AvgIpc) is 2.85. The van der Waals surface area contributed by atoms with E-state index in [1.807, 2.05) is 31.3 Å². The van der Waals surface area contributed by atoms with E-state index in [0.717, 1.165) is 35.7 Å². The Morgan fingerprint density at radius 1 is 1.30 bits per heavy atom. The van der Waals surface area contributed by atoms with Gasteiger partial charge in [-0.2, -0.15) is 0 Å². The highest BCUT2D eigenvalue weighted by Gasteiger charge is 2.14. The number of hydrogen-bond acceptors (Lipinski definition) is 4. The van der Waals surface area contributed by atoms with Crippen LogP contribution in [-0.2, 0) is 0 Å². The van der Waals surface area contributed by atoms with Crippen LogP contribution >= 0.6 is 11.6 Å². The fourth-order valence-electron chi connectivity index (χ4n) is 2.05. The molecule has 0 saturated carbocycles. The minimum absolute atomic E-state index is 0.107. The van der Waals surface area contributed by atoms with Crippen LogP contribution < -0.4 is 9.47 Å². The van der Waals surface area contributed by atoms with Gasteiger partial charge < -0.3 is 9.47 Å². The molecule has 0 aliphatic carbocycles. The summed E-state index contributed by atoms with van der Waals surface area (Å²) in [5.41, 5.74) is 1.66. The lowest BCUT2D eigenvalue weighted by Gasteiger charge is -2.08. The second-order valence-electron chi connectivity index (χ2n) is 4.65. The van der Waals surface area contributed by atoms with Crippen molar-refractivity contribution in [3.8, 4) is 17.2 Å². The van der Waals surface area contributed by atoms with Crippen molar-refractivity contribution in [2.45, 2.75) is 25.1 Å². The van der Waals surface area contributed by atoms with Gasteiger partial charge in [0.1, 0.15) is 5.69 Å². The maximum Gasteiger partial charge on any atom is 0.163 e. The Morgan fingerprint density at radius 2 is 2.10 bits per heavy atom. The highest BCUT2D eigenvalue weighted by Crippen LogP contribution is 2.31. The summed E-state index contributed by atoms with van der Waals surface area (Å²) in [6.45, 7) is 3.37. The topological polar surface area (TPSA) is 49.2 Å². The van der Waals surface area contributed by atoms with E-state index in [4.69, 9.17) is 21.1 Å². The summed E-state index contributed by atoms with van der Waals surface area (Å²) in [6.07, 6.45) is 3.56. The predicted molar refractivity (Wildman–Crippen MR) is 75.9 cm³/mol. The third kappa shape index (κ3) is 2.58. The van der Waals surface area contributed by atoms with Gasteiger partial charge in [0.05, 0.1) is 30.5 Å². The van der Waals surface area contributed by atoms with Gasteiger partial charge in [-0.1, -0.05) is 12.1 Å². The highest BCUT2D eigenvalue weighted by atomic mass is 35.5. The number of nitrogens with zero attached hydrogens (tertiary/aromatic N) is 3. The first-order valence-corrected chi connectivity index (χ1v) is 7.18. The maximum atomic E-state index is 6.17. The van der Waals surface area contributed by atoms with E-state index in [1.54, 1.807) is 4.68 Å². The van der Waals surface area contributed by atoms with Crippen LogP contribution in [0.5, 0.6) is 11.5 Å². The first kappa shape index (κ1) is 13.2. The van der Waals surface area contributed by atoms with E-state index in [0.29, 0.717) is 13.2 Å². The summed E-state index contributed by atoms with van der Waals surface area (Å²) < 4.78 is 13.0. The van der Waals surface area contributed by atoms with E-state index in [2.05, 4.69) is 10.3 Å². The predicted octanol–water partition coefficient (Wildman–Crippen LogP) is 3.12. The van der Waals surface area contributed by atoms with Gasteiger partial charge in [-0.3, -0.25) is 0 Å². The van der Waals surface area contributed by atoms with Gasteiger partial charge in [0.15, 0.2) is 11.5 Å². The minimum atomic E-state index is -0.107. The minimum Gasteiger partial charge on any atom is -0.490 e. The third-order valence-electron chi connectivity index (χ3n) is 3.19. The molecule has 106 valence electrons. The van der Waals surface area contributed by atoms with Crippen molar-refractivity contribution in [2.24, 2.45) is 0 Å². The summed E-state index contributed by atoms with van der Waals surface area (Å²) in [6, 6.07) is 5.74. The maximum absolute atomic E-state index is 6.17.